The number of rotatable bonds is 6. The van der Waals surface area contributed by atoms with E-state index in [0.29, 0.717) is 5.82 Å². The first-order chi connectivity index (χ1) is 14.6. The standard InChI is InChI=1S/C25H22FN3O/c1-29-17-16-27-24(29)23(20-12-14-21(26)15-13-20)28-25(30)22(18-8-4-2-5-9-18)19-10-6-3-7-11-19/h2-17,22-23H,1H3,(H,28,30)/t23-/m1/s1. The first-order valence-corrected chi connectivity index (χ1v) is 9.76. The Morgan fingerprint density at radius 3 is 1.93 bits per heavy atom. The molecular weight excluding hydrogens is 377 g/mol. The SMILES string of the molecule is Cn1ccnc1[C@H](NC(=O)C(c1ccccc1)c1ccccc1)c1ccc(F)cc1. The van der Waals surface area contributed by atoms with Crippen molar-refractivity contribution in [3.8, 4) is 0 Å². The average Bonchev–Trinajstić information content (AvgIpc) is 3.20. The predicted octanol–water partition coefficient (Wildman–Crippen LogP) is 4.60. The summed E-state index contributed by atoms with van der Waals surface area (Å²) in [6, 6.07) is 25.0. The summed E-state index contributed by atoms with van der Waals surface area (Å²) in [6.45, 7) is 0. The summed E-state index contributed by atoms with van der Waals surface area (Å²) in [7, 11) is 1.87. The third kappa shape index (κ3) is 4.15. The number of carbonyl (C=O) groups is 1. The molecule has 0 spiro atoms. The molecule has 0 radical (unpaired) electrons. The highest BCUT2D eigenvalue weighted by atomic mass is 19.1. The molecule has 4 rings (SSSR count). The molecule has 0 saturated heterocycles. The lowest BCUT2D eigenvalue weighted by atomic mass is 9.90. The van der Waals surface area contributed by atoms with Gasteiger partial charge in [0.1, 0.15) is 17.7 Å². The number of hydrogen-bond acceptors (Lipinski definition) is 2. The van der Waals surface area contributed by atoms with E-state index in [1.54, 1.807) is 18.3 Å². The second-order valence-electron chi connectivity index (χ2n) is 7.14. The van der Waals surface area contributed by atoms with Crippen LogP contribution in [0.4, 0.5) is 4.39 Å². The lowest BCUT2D eigenvalue weighted by molar-refractivity contribution is -0.122. The zero-order valence-electron chi connectivity index (χ0n) is 16.6. The number of aromatic nitrogens is 2. The molecule has 0 saturated carbocycles. The third-order valence-electron chi connectivity index (χ3n) is 5.13. The van der Waals surface area contributed by atoms with Crippen molar-refractivity contribution in [1.29, 1.82) is 0 Å². The summed E-state index contributed by atoms with van der Waals surface area (Å²) in [4.78, 5) is 18.0. The molecule has 1 heterocycles. The lowest BCUT2D eigenvalue weighted by Crippen LogP contribution is -2.35. The van der Waals surface area contributed by atoms with E-state index >= 15 is 0 Å². The van der Waals surface area contributed by atoms with Gasteiger partial charge in [0.25, 0.3) is 0 Å². The number of nitrogens with one attached hydrogen (secondary N) is 1. The van der Waals surface area contributed by atoms with Crippen LogP contribution in [0.3, 0.4) is 0 Å². The maximum absolute atomic E-state index is 13.6. The summed E-state index contributed by atoms with van der Waals surface area (Å²) >= 11 is 0. The summed E-state index contributed by atoms with van der Waals surface area (Å²) < 4.78 is 15.4. The normalized spacial score (nSPS) is 12.0. The number of hydrogen-bond donors (Lipinski definition) is 1. The molecule has 1 N–H and O–H groups in total. The first-order valence-electron chi connectivity index (χ1n) is 9.76. The van der Waals surface area contributed by atoms with Crippen molar-refractivity contribution >= 4 is 5.91 Å². The van der Waals surface area contributed by atoms with Crippen LogP contribution < -0.4 is 5.32 Å². The van der Waals surface area contributed by atoms with Crippen molar-refractivity contribution in [3.63, 3.8) is 0 Å². The van der Waals surface area contributed by atoms with Crippen molar-refractivity contribution < 1.29 is 9.18 Å². The quantitative estimate of drug-likeness (QED) is 0.515. The zero-order chi connectivity index (χ0) is 20.9. The van der Waals surface area contributed by atoms with Crippen LogP contribution in [0.2, 0.25) is 0 Å². The Labute approximate surface area is 175 Å². The van der Waals surface area contributed by atoms with Gasteiger partial charge < -0.3 is 9.88 Å². The van der Waals surface area contributed by atoms with Gasteiger partial charge in [-0.1, -0.05) is 72.8 Å². The zero-order valence-corrected chi connectivity index (χ0v) is 16.6. The van der Waals surface area contributed by atoms with Gasteiger partial charge in [-0.2, -0.15) is 0 Å². The van der Waals surface area contributed by atoms with E-state index in [1.807, 2.05) is 78.5 Å². The van der Waals surface area contributed by atoms with E-state index in [1.165, 1.54) is 12.1 Å². The summed E-state index contributed by atoms with van der Waals surface area (Å²) in [6.07, 6.45) is 3.51. The van der Waals surface area contributed by atoms with E-state index in [2.05, 4.69) is 10.3 Å². The highest BCUT2D eigenvalue weighted by molar-refractivity contribution is 5.87. The van der Waals surface area contributed by atoms with Crippen molar-refractivity contribution in [1.82, 2.24) is 14.9 Å². The maximum Gasteiger partial charge on any atom is 0.232 e. The second kappa shape index (κ2) is 8.74. The molecule has 0 aliphatic heterocycles. The van der Waals surface area contributed by atoms with E-state index in [0.717, 1.165) is 16.7 Å². The van der Waals surface area contributed by atoms with Crippen molar-refractivity contribution in [2.75, 3.05) is 0 Å². The van der Waals surface area contributed by atoms with Gasteiger partial charge in [-0.15, -0.1) is 0 Å². The molecule has 0 aliphatic carbocycles. The van der Waals surface area contributed by atoms with Crippen molar-refractivity contribution in [3.05, 3.63) is 126 Å². The first kappa shape index (κ1) is 19.6. The molecule has 0 aliphatic rings. The number of benzene rings is 3. The van der Waals surface area contributed by atoms with Gasteiger partial charge in [0, 0.05) is 19.4 Å². The number of amides is 1. The second-order valence-corrected chi connectivity index (χ2v) is 7.14. The van der Waals surface area contributed by atoms with Gasteiger partial charge in [-0.05, 0) is 28.8 Å². The van der Waals surface area contributed by atoms with E-state index < -0.39 is 12.0 Å². The maximum atomic E-state index is 13.6. The molecule has 3 aromatic carbocycles. The minimum Gasteiger partial charge on any atom is -0.341 e. The van der Waals surface area contributed by atoms with E-state index in [-0.39, 0.29) is 11.7 Å². The van der Waals surface area contributed by atoms with Crippen molar-refractivity contribution in [2.24, 2.45) is 7.05 Å². The van der Waals surface area contributed by atoms with Gasteiger partial charge >= 0.3 is 0 Å². The van der Waals surface area contributed by atoms with Gasteiger partial charge in [-0.25, -0.2) is 9.37 Å². The van der Waals surface area contributed by atoms with Crippen LogP contribution in [0, 0.1) is 5.82 Å². The van der Waals surface area contributed by atoms with Crippen LogP contribution in [0.1, 0.15) is 34.5 Å². The molecular formula is C25H22FN3O. The van der Waals surface area contributed by atoms with Crippen LogP contribution in [-0.2, 0) is 11.8 Å². The summed E-state index contributed by atoms with van der Waals surface area (Å²) in [5.74, 6) is -0.273. The predicted molar refractivity (Wildman–Crippen MR) is 114 cm³/mol. The highest BCUT2D eigenvalue weighted by Gasteiger charge is 2.27. The Morgan fingerprint density at radius 2 is 1.43 bits per heavy atom. The molecule has 1 amide bonds. The molecule has 150 valence electrons. The molecule has 5 heteroatoms. The van der Waals surface area contributed by atoms with Crippen molar-refractivity contribution in [2.45, 2.75) is 12.0 Å². The fraction of sp³-hybridized carbons (Fsp3) is 0.120. The smallest absolute Gasteiger partial charge is 0.232 e. The minimum atomic E-state index is -0.506. The molecule has 4 nitrogen and oxygen atoms in total. The van der Waals surface area contributed by atoms with Crippen LogP contribution >= 0.6 is 0 Å². The molecule has 0 unspecified atom stereocenters. The number of aryl methyl sites for hydroxylation is 1. The average molecular weight is 399 g/mol. The van der Waals surface area contributed by atoms with Gasteiger partial charge in [0.05, 0.1) is 5.92 Å². The molecule has 0 bridgehead atoms. The van der Waals surface area contributed by atoms with E-state index in [9.17, 15) is 9.18 Å². The highest BCUT2D eigenvalue weighted by Crippen LogP contribution is 2.28. The number of nitrogens with zero attached hydrogens (tertiary/aromatic N) is 2. The van der Waals surface area contributed by atoms with Crippen LogP contribution in [-0.4, -0.2) is 15.5 Å². The largest absolute Gasteiger partial charge is 0.341 e. The van der Waals surface area contributed by atoms with Crippen LogP contribution in [0.5, 0.6) is 0 Å². The molecule has 1 aromatic heterocycles. The van der Waals surface area contributed by atoms with Crippen LogP contribution in [0.25, 0.3) is 0 Å². The van der Waals surface area contributed by atoms with Crippen LogP contribution in [0.15, 0.2) is 97.3 Å². The topological polar surface area (TPSA) is 46.9 Å². The molecule has 0 fully saturated rings. The number of carbonyl (C=O) groups excluding carboxylic acids is 1. The fourth-order valence-electron chi connectivity index (χ4n) is 3.62. The number of imidazole rings is 1. The molecule has 1 atom stereocenters. The fourth-order valence-corrected chi connectivity index (χ4v) is 3.62. The monoisotopic (exact) mass is 399 g/mol. The lowest BCUT2D eigenvalue weighted by Gasteiger charge is -2.24. The van der Waals surface area contributed by atoms with Gasteiger partial charge in [0.15, 0.2) is 0 Å². The molecule has 4 aromatic rings. The Hall–Kier alpha value is -3.73. The Kier molecular flexibility index (Phi) is 5.70. The summed E-state index contributed by atoms with van der Waals surface area (Å²) in [5.41, 5.74) is 2.57. The van der Waals surface area contributed by atoms with Gasteiger partial charge in [0.2, 0.25) is 5.91 Å². The Bertz CT molecular complexity index is 1070. The number of halogens is 1. The Balaban J connectivity index is 1.73. The summed E-state index contributed by atoms with van der Waals surface area (Å²) in [5, 5.41) is 3.15. The van der Waals surface area contributed by atoms with Gasteiger partial charge in [-0.3, -0.25) is 4.79 Å². The Morgan fingerprint density at radius 1 is 0.867 bits per heavy atom. The van der Waals surface area contributed by atoms with E-state index in [4.69, 9.17) is 0 Å². The minimum absolute atomic E-state index is 0.148. The third-order valence-corrected chi connectivity index (χ3v) is 5.13. The molecule has 30 heavy (non-hydrogen) atoms.